The fourth-order valence-corrected chi connectivity index (χ4v) is 8.42. The summed E-state index contributed by atoms with van der Waals surface area (Å²) in [5.41, 5.74) is 12.0. The van der Waals surface area contributed by atoms with E-state index in [2.05, 4.69) is 205 Å². The second-order valence-electron chi connectivity index (χ2n) is 14.5. The van der Waals surface area contributed by atoms with Crippen LogP contribution in [0.3, 0.4) is 0 Å². The minimum atomic E-state index is 0.868. The van der Waals surface area contributed by atoms with Gasteiger partial charge in [0.1, 0.15) is 11.2 Å². The highest BCUT2D eigenvalue weighted by Gasteiger charge is 2.20. The Morgan fingerprint density at radius 3 is 1.54 bits per heavy atom. The molecule has 11 rings (SSSR count). The summed E-state index contributed by atoms with van der Waals surface area (Å²) < 4.78 is 6.41. The van der Waals surface area contributed by atoms with Crippen LogP contribution in [0.1, 0.15) is 0 Å². The van der Waals surface area contributed by atoms with E-state index < -0.39 is 0 Å². The lowest BCUT2D eigenvalue weighted by atomic mass is 9.96. The predicted octanol–water partition coefficient (Wildman–Crippen LogP) is 15.5. The molecule has 0 bridgehead atoms. The average Bonchev–Trinajstić information content (AvgIpc) is 3.66. The molecule has 1 heterocycles. The second-order valence-corrected chi connectivity index (χ2v) is 14.5. The summed E-state index contributed by atoms with van der Waals surface area (Å²) in [5.74, 6) is 0. The average molecular weight is 714 g/mol. The van der Waals surface area contributed by atoms with Crippen molar-refractivity contribution in [3.63, 3.8) is 0 Å². The first-order valence-electron chi connectivity index (χ1n) is 19.2. The van der Waals surface area contributed by atoms with Crippen molar-refractivity contribution in [2.75, 3.05) is 4.90 Å². The monoisotopic (exact) mass is 713 g/mol. The van der Waals surface area contributed by atoms with Gasteiger partial charge >= 0.3 is 0 Å². The van der Waals surface area contributed by atoms with E-state index in [0.717, 1.165) is 50.1 Å². The Balaban J connectivity index is 1.02. The Hall–Kier alpha value is -7.42. The van der Waals surface area contributed by atoms with Crippen LogP contribution >= 0.6 is 0 Å². The van der Waals surface area contributed by atoms with Gasteiger partial charge < -0.3 is 9.32 Å². The first-order valence-corrected chi connectivity index (χ1v) is 19.2. The Morgan fingerprint density at radius 1 is 0.286 bits per heavy atom. The van der Waals surface area contributed by atoms with Gasteiger partial charge in [-0.1, -0.05) is 158 Å². The number of benzene rings is 10. The highest BCUT2D eigenvalue weighted by molar-refractivity contribution is 6.13. The Morgan fingerprint density at radius 2 is 0.786 bits per heavy atom. The Labute approximate surface area is 325 Å². The van der Waals surface area contributed by atoms with E-state index in [4.69, 9.17) is 4.42 Å². The quantitative estimate of drug-likeness (QED) is 0.160. The number of furan rings is 1. The molecule has 0 saturated carbocycles. The van der Waals surface area contributed by atoms with Gasteiger partial charge in [-0.05, 0) is 120 Å². The molecule has 0 spiro atoms. The number of fused-ring (bicyclic) bond motifs is 7. The third kappa shape index (κ3) is 5.51. The van der Waals surface area contributed by atoms with E-state index in [1.807, 2.05) is 12.1 Å². The molecule has 0 aliphatic carbocycles. The maximum atomic E-state index is 6.41. The first-order chi connectivity index (χ1) is 27.7. The SMILES string of the molecule is c1cc(-c2ccc(-c3ccc4ccc5ccccc5c4c3)cc2)cc(N(c2cccc(-c3ccc4ccccc4c3)c2)c2cccc3oc4ccccc4c23)c1. The van der Waals surface area contributed by atoms with Crippen molar-refractivity contribution in [3.8, 4) is 33.4 Å². The number of hydrogen-bond donors (Lipinski definition) is 0. The van der Waals surface area contributed by atoms with Crippen LogP contribution in [0.15, 0.2) is 217 Å². The molecule has 0 saturated heterocycles. The highest BCUT2D eigenvalue weighted by Crippen LogP contribution is 2.44. The topological polar surface area (TPSA) is 16.4 Å². The number of rotatable bonds is 6. The fraction of sp³-hybridized carbons (Fsp3) is 0. The number of anilines is 3. The summed E-state index contributed by atoms with van der Waals surface area (Å²) in [6, 6.07) is 76.6. The molecule has 11 aromatic rings. The standard InChI is InChI=1S/C54H35NO/c1-2-12-41-32-44(30-26-36(41)10-1)43-14-8-16-47(34-43)55(51-19-9-21-53-54(51)49-18-5-6-20-52(49)56-53)46-15-7-13-42(33-46)37-22-24-38(25-23-37)45-31-29-40-28-27-39-11-3-4-17-48(39)50(40)35-45/h1-35H. The van der Waals surface area contributed by atoms with Crippen molar-refractivity contribution in [3.05, 3.63) is 212 Å². The largest absolute Gasteiger partial charge is 0.456 e. The van der Waals surface area contributed by atoms with Crippen LogP contribution in [0.2, 0.25) is 0 Å². The van der Waals surface area contributed by atoms with Gasteiger partial charge in [-0.3, -0.25) is 0 Å². The van der Waals surface area contributed by atoms with Crippen molar-refractivity contribution in [1.82, 2.24) is 0 Å². The number of nitrogens with zero attached hydrogens (tertiary/aromatic N) is 1. The van der Waals surface area contributed by atoms with Gasteiger partial charge in [-0.15, -0.1) is 0 Å². The third-order valence-electron chi connectivity index (χ3n) is 11.2. The Bertz CT molecular complexity index is 3260. The summed E-state index contributed by atoms with van der Waals surface area (Å²) in [4.78, 5) is 2.38. The zero-order valence-electron chi connectivity index (χ0n) is 30.6. The summed E-state index contributed by atoms with van der Waals surface area (Å²) in [6.45, 7) is 0. The van der Waals surface area contributed by atoms with Crippen LogP contribution in [0.5, 0.6) is 0 Å². The van der Waals surface area contributed by atoms with E-state index >= 15 is 0 Å². The minimum absolute atomic E-state index is 0.868. The lowest BCUT2D eigenvalue weighted by molar-refractivity contribution is 0.669. The van der Waals surface area contributed by atoms with E-state index in [0.29, 0.717) is 0 Å². The minimum Gasteiger partial charge on any atom is -0.456 e. The smallest absolute Gasteiger partial charge is 0.137 e. The molecule has 0 fully saturated rings. The molecule has 0 radical (unpaired) electrons. The molecule has 0 unspecified atom stereocenters. The van der Waals surface area contributed by atoms with Crippen LogP contribution in [0.4, 0.5) is 17.1 Å². The van der Waals surface area contributed by atoms with Gasteiger partial charge in [0.15, 0.2) is 0 Å². The molecular formula is C54H35NO. The zero-order valence-corrected chi connectivity index (χ0v) is 30.6. The maximum Gasteiger partial charge on any atom is 0.137 e. The molecule has 0 aliphatic rings. The third-order valence-corrected chi connectivity index (χ3v) is 11.2. The first kappa shape index (κ1) is 32.0. The summed E-state index contributed by atoms with van der Waals surface area (Å²) in [7, 11) is 0. The van der Waals surface area contributed by atoms with Crippen molar-refractivity contribution in [2.45, 2.75) is 0 Å². The van der Waals surface area contributed by atoms with Gasteiger partial charge in [-0.2, -0.15) is 0 Å². The molecular weight excluding hydrogens is 679 g/mol. The molecule has 262 valence electrons. The highest BCUT2D eigenvalue weighted by atomic mass is 16.3. The van der Waals surface area contributed by atoms with Gasteiger partial charge in [0.25, 0.3) is 0 Å². The summed E-state index contributed by atoms with van der Waals surface area (Å²) in [6.07, 6.45) is 0. The lowest BCUT2D eigenvalue weighted by Gasteiger charge is -2.27. The van der Waals surface area contributed by atoms with Crippen LogP contribution in [0, 0.1) is 0 Å². The molecule has 1 aromatic heterocycles. The van der Waals surface area contributed by atoms with Crippen molar-refractivity contribution in [1.29, 1.82) is 0 Å². The number of hydrogen-bond acceptors (Lipinski definition) is 2. The van der Waals surface area contributed by atoms with Gasteiger partial charge in [0, 0.05) is 16.8 Å². The molecule has 56 heavy (non-hydrogen) atoms. The fourth-order valence-electron chi connectivity index (χ4n) is 8.42. The molecule has 0 amide bonds. The Kier molecular flexibility index (Phi) is 7.53. The van der Waals surface area contributed by atoms with E-state index in [9.17, 15) is 0 Å². The lowest BCUT2D eigenvalue weighted by Crippen LogP contribution is -2.10. The normalized spacial score (nSPS) is 11.6. The van der Waals surface area contributed by atoms with Crippen LogP contribution in [-0.4, -0.2) is 0 Å². The zero-order chi connectivity index (χ0) is 37.0. The van der Waals surface area contributed by atoms with Crippen LogP contribution in [-0.2, 0) is 0 Å². The van der Waals surface area contributed by atoms with Gasteiger partial charge in [-0.25, -0.2) is 0 Å². The van der Waals surface area contributed by atoms with Crippen LogP contribution < -0.4 is 4.90 Å². The second kappa shape index (κ2) is 13.2. The van der Waals surface area contributed by atoms with Crippen molar-refractivity contribution < 1.29 is 4.42 Å². The predicted molar refractivity (Wildman–Crippen MR) is 237 cm³/mol. The van der Waals surface area contributed by atoms with E-state index in [1.54, 1.807) is 0 Å². The van der Waals surface area contributed by atoms with E-state index in [1.165, 1.54) is 54.6 Å². The van der Waals surface area contributed by atoms with Crippen molar-refractivity contribution >= 4 is 71.3 Å². The molecule has 0 atom stereocenters. The van der Waals surface area contributed by atoms with Crippen LogP contribution in [0.25, 0.3) is 87.6 Å². The summed E-state index contributed by atoms with van der Waals surface area (Å²) in [5, 5.41) is 9.75. The summed E-state index contributed by atoms with van der Waals surface area (Å²) >= 11 is 0. The molecule has 10 aromatic carbocycles. The molecule has 2 heteroatoms. The molecule has 0 N–H and O–H groups in total. The number of para-hydroxylation sites is 1. The maximum absolute atomic E-state index is 6.41. The molecule has 2 nitrogen and oxygen atoms in total. The van der Waals surface area contributed by atoms with Crippen molar-refractivity contribution in [2.24, 2.45) is 0 Å². The van der Waals surface area contributed by atoms with Gasteiger partial charge in [0.05, 0.1) is 11.1 Å². The van der Waals surface area contributed by atoms with Gasteiger partial charge in [0.2, 0.25) is 0 Å². The molecule has 0 aliphatic heterocycles. The van der Waals surface area contributed by atoms with E-state index in [-0.39, 0.29) is 0 Å².